The number of halogens is 1. The molecule has 6 nitrogen and oxygen atoms in total. The van der Waals surface area contributed by atoms with Gasteiger partial charge in [-0.2, -0.15) is 0 Å². The maximum Gasteiger partial charge on any atom is 0.270 e. The van der Waals surface area contributed by atoms with Gasteiger partial charge in [0.15, 0.2) is 0 Å². The van der Waals surface area contributed by atoms with E-state index in [4.69, 9.17) is 17.3 Å². The fraction of sp³-hybridized carbons (Fsp3) is 0.143. The highest BCUT2D eigenvalue weighted by Crippen LogP contribution is 2.34. The first-order valence-corrected chi connectivity index (χ1v) is 7.38. The Kier molecular flexibility index (Phi) is 4.58. The highest BCUT2D eigenvalue weighted by molar-refractivity contribution is 7.16. The van der Waals surface area contributed by atoms with Crippen LogP contribution in [0.2, 0.25) is 5.02 Å². The molecule has 0 aliphatic carbocycles. The summed E-state index contributed by atoms with van der Waals surface area (Å²) in [6.07, 6.45) is 1.40. The molecule has 0 saturated heterocycles. The fourth-order valence-corrected chi connectivity index (χ4v) is 3.03. The SMILES string of the molecule is Cc1sc(/N=C/c2cc([N+](=O)[O-])ccc2Cl)c(C(N)=O)c1C. The summed E-state index contributed by atoms with van der Waals surface area (Å²) >= 11 is 7.33. The van der Waals surface area contributed by atoms with E-state index in [2.05, 4.69) is 4.99 Å². The highest BCUT2D eigenvalue weighted by Gasteiger charge is 2.16. The number of nitrogens with zero attached hydrogens (tertiary/aromatic N) is 2. The molecule has 2 N–H and O–H groups in total. The number of hydrogen-bond acceptors (Lipinski definition) is 5. The number of aliphatic imine (C=N–C) groups is 1. The third-order valence-corrected chi connectivity index (χ3v) is 4.58. The third kappa shape index (κ3) is 3.15. The van der Waals surface area contributed by atoms with E-state index in [0.717, 1.165) is 10.4 Å². The van der Waals surface area contributed by atoms with Gasteiger partial charge in [-0.25, -0.2) is 4.99 Å². The predicted octanol–water partition coefficient (Wildman–Crippen LogP) is 3.78. The average molecular weight is 338 g/mol. The number of thiophene rings is 1. The van der Waals surface area contributed by atoms with E-state index in [0.29, 0.717) is 21.2 Å². The molecular formula is C14H12ClN3O3S. The fourth-order valence-electron chi connectivity index (χ4n) is 1.86. The van der Waals surface area contributed by atoms with Crippen molar-refractivity contribution in [2.45, 2.75) is 13.8 Å². The summed E-state index contributed by atoms with van der Waals surface area (Å²) < 4.78 is 0. The quantitative estimate of drug-likeness (QED) is 0.522. The lowest BCUT2D eigenvalue weighted by atomic mass is 10.1. The Morgan fingerprint density at radius 3 is 2.73 bits per heavy atom. The standard InChI is InChI=1S/C14H12ClN3O3S/c1-7-8(2)22-14(12(7)13(16)19)17-6-9-5-10(18(20)21)3-4-11(9)15/h3-6H,1-2H3,(H2,16,19)/b17-6+. The molecule has 0 aliphatic rings. The number of nitro groups is 1. The monoisotopic (exact) mass is 337 g/mol. The van der Waals surface area contributed by atoms with Crippen molar-refractivity contribution < 1.29 is 9.72 Å². The average Bonchev–Trinajstić information content (AvgIpc) is 2.73. The van der Waals surface area contributed by atoms with Crippen LogP contribution >= 0.6 is 22.9 Å². The van der Waals surface area contributed by atoms with Gasteiger partial charge in [-0.15, -0.1) is 11.3 Å². The van der Waals surface area contributed by atoms with Crippen LogP contribution in [0.4, 0.5) is 10.7 Å². The van der Waals surface area contributed by atoms with Gasteiger partial charge in [0.2, 0.25) is 0 Å². The third-order valence-electron chi connectivity index (χ3n) is 3.12. The largest absolute Gasteiger partial charge is 0.365 e. The molecule has 1 aromatic heterocycles. The normalized spacial score (nSPS) is 11.0. The highest BCUT2D eigenvalue weighted by atomic mass is 35.5. The van der Waals surface area contributed by atoms with Gasteiger partial charge in [0, 0.05) is 33.8 Å². The molecule has 22 heavy (non-hydrogen) atoms. The van der Waals surface area contributed by atoms with Crippen molar-refractivity contribution in [3.05, 3.63) is 54.9 Å². The van der Waals surface area contributed by atoms with Crippen molar-refractivity contribution in [2.24, 2.45) is 10.7 Å². The number of carbonyl (C=O) groups excluding carboxylic acids is 1. The van der Waals surface area contributed by atoms with E-state index in [1.165, 1.54) is 35.8 Å². The van der Waals surface area contributed by atoms with Crippen LogP contribution in [0.25, 0.3) is 0 Å². The minimum absolute atomic E-state index is 0.0838. The molecule has 0 aliphatic heterocycles. The van der Waals surface area contributed by atoms with Crippen LogP contribution < -0.4 is 5.73 Å². The van der Waals surface area contributed by atoms with Gasteiger partial charge in [0.1, 0.15) is 5.00 Å². The molecule has 1 aromatic carbocycles. The van der Waals surface area contributed by atoms with Crippen molar-refractivity contribution in [1.29, 1.82) is 0 Å². The summed E-state index contributed by atoms with van der Waals surface area (Å²) in [5.41, 5.74) is 6.83. The van der Waals surface area contributed by atoms with E-state index in [1.54, 1.807) is 6.92 Å². The molecule has 8 heteroatoms. The Bertz CT molecular complexity index is 799. The van der Waals surface area contributed by atoms with Crippen LogP contribution in [0.1, 0.15) is 26.4 Å². The number of hydrogen-bond donors (Lipinski definition) is 1. The molecule has 0 bridgehead atoms. The topological polar surface area (TPSA) is 98.6 Å². The molecule has 0 radical (unpaired) electrons. The zero-order chi connectivity index (χ0) is 16.4. The zero-order valence-electron chi connectivity index (χ0n) is 11.8. The zero-order valence-corrected chi connectivity index (χ0v) is 13.4. The number of nitro benzene ring substituents is 1. The van der Waals surface area contributed by atoms with Crippen molar-refractivity contribution in [3.8, 4) is 0 Å². The Morgan fingerprint density at radius 2 is 2.14 bits per heavy atom. The number of carbonyl (C=O) groups is 1. The number of primary amides is 1. The summed E-state index contributed by atoms with van der Waals surface area (Å²) in [5.74, 6) is -0.556. The number of aryl methyl sites for hydroxylation is 1. The van der Waals surface area contributed by atoms with Crippen LogP contribution in [0.5, 0.6) is 0 Å². The molecule has 0 spiro atoms. The van der Waals surface area contributed by atoms with E-state index < -0.39 is 10.8 Å². The Hall–Kier alpha value is -2.25. The van der Waals surface area contributed by atoms with Gasteiger partial charge < -0.3 is 5.73 Å². The Balaban J connectivity index is 2.45. The van der Waals surface area contributed by atoms with Gasteiger partial charge in [-0.05, 0) is 25.5 Å². The lowest BCUT2D eigenvalue weighted by Gasteiger charge is -1.99. The van der Waals surface area contributed by atoms with Gasteiger partial charge in [-0.3, -0.25) is 14.9 Å². The van der Waals surface area contributed by atoms with Crippen molar-refractivity contribution in [3.63, 3.8) is 0 Å². The number of non-ortho nitro benzene ring substituents is 1. The molecule has 0 atom stereocenters. The molecule has 0 unspecified atom stereocenters. The molecule has 2 rings (SSSR count). The second-order valence-electron chi connectivity index (χ2n) is 4.55. The molecule has 114 valence electrons. The Morgan fingerprint density at radius 1 is 1.45 bits per heavy atom. The number of benzene rings is 1. The van der Waals surface area contributed by atoms with Crippen LogP contribution in [-0.2, 0) is 0 Å². The van der Waals surface area contributed by atoms with Gasteiger partial charge in [0.05, 0.1) is 10.5 Å². The van der Waals surface area contributed by atoms with Crippen LogP contribution in [-0.4, -0.2) is 17.0 Å². The van der Waals surface area contributed by atoms with E-state index >= 15 is 0 Å². The van der Waals surface area contributed by atoms with Gasteiger partial charge in [0.25, 0.3) is 11.6 Å². The molecule has 0 saturated carbocycles. The van der Waals surface area contributed by atoms with Crippen molar-refractivity contribution in [1.82, 2.24) is 0 Å². The lowest BCUT2D eigenvalue weighted by molar-refractivity contribution is -0.384. The van der Waals surface area contributed by atoms with Crippen LogP contribution in [0, 0.1) is 24.0 Å². The first kappa shape index (κ1) is 16.1. The maximum absolute atomic E-state index is 11.5. The maximum atomic E-state index is 11.5. The molecule has 2 aromatic rings. The minimum Gasteiger partial charge on any atom is -0.365 e. The smallest absolute Gasteiger partial charge is 0.270 e. The minimum atomic E-state index is -0.556. The Labute approximate surface area is 135 Å². The van der Waals surface area contributed by atoms with Gasteiger partial charge >= 0.3 is 0 Å². The summed E-state index contributed by atoms with van der Waals surface area (Å²) in [4.78, 5) is 27.0. The number of amides is 1. The number of rotatable bonds is 4. The van der Waals surface area contributed by atoms with E-state index in [-0.39, 0.29) is 5.69 Å². The van der Waals surface area contributed by atoms with Crippen LogP contribution in [0.3, 0.4) is 0 Å². The van der Waals surface area contributed by atoms with Gasteiger partial charge in [-0.1, -0.05) is 11.6 Å². The summed E-state index contributed by atoms with van der Waals surface area (Å²) in [6.45, 7) is 3.66. The van der Waals surface area contributed by atoms with E-state index in [1.807, 2.05) is 6.92 Å². The number of nitrogens with two attached hydrogens (primary N) is 1. The van der Waals surface area contributed by atoms with E-state index in [9.17, 15) is 14.9 Å². The summed E-state index contributed by atoms with van der Waals surface area (Å²) in [6, 6.07) is 4.07. The second kappa shape index (κ2) is 6.25. The lowest BCUT2D eigenvalue weighted by Crippen LogP contribution is -2.11. The van der Waals surface area contributed by atoms with Crippen LogP contribution in [0.15, 0.2) is 23.2 Å². The molecule has 0 fully saturated rings. The van der Waals surface area contributed by atoms with Crippen molar-refractivity contribution >= 4 is 45.7 Å². The first-order chi connectivity index (χ1) is 10.3. The predicted molar refractivity (Wildman–Crippen MR) is 87.7 cm³/mol. The summed E-state index contributed by atoms with van der Waals surface area (Å²) in [7, 11) is 0. The molecule has 1 amide bonds. The van der Waals surface area contributed by atoms with Crippen molar-refractivity contribution in [2.75, 3.05) is 0 Å². The first-order valence-electron chi connectivity index (χ1n) is 6.19. The molecular weight excluding hydrogens is 326 g/mol. The molecule has 1 heterocycles. The summed E-state index contributed by atoms with van der Waals surface area (Å²) in [5, 5.41) is 11.6. The second-order valence-corrected chi connectivity index (χ2v) is 6.16.